The van der Waals surface area contributed by atoms with E-state index in [2.05, 4.69) is 6.92 Å². The number of carbonyl (C=O) groups excluding carboxylic acids is 2. The van der Waals surface area contributed by atoms with Crippen molar-refractivity contribution >= 4 is 22.7 Å². The molecule has 0 amide bonds. The van der Waals surface area contributed by atoms with E-state index in [-0.39, 0.29) is 28.7 Å². The first-order chi connectivity index (χ1) is 17.8. The first-order valence-electron chi connectivity index (χ1n) is 13.1. The molecule has 1 saturated heterocycles. The minimum Gasteiger partial charge on any atom is -0.393 e. The lowest BCUT2D eigenvalue weighted by Crippen LogP contribution is -2.62. The third-order valence-electron chi connectivity index (χ3n) is 10.2. The van der Waals surface area contributed by atoms with Crippen molar-refractivity contribution in [2.75, 3.05) is 6.26 Å². The standard InChI is InChI=1S/C29H31F3O5S/c1-26-11-10-18(33)12-17(26)8-9-19-20-13-22-28(25(35)38-3,27(20,2)14-21(34)23(19)26)37-24(36-22)15-4-6-16(7-5-15)29(30,31)32/h4-7,10-12,19-24,34H,8-9,13-14H2,1-3H3/t19-,20-,21-,22+,23+,24?,26-,27-,28-/m0/s1. The average Bonchev–Trinajstić information content (AvgIpc) is 3.36. The zero-order chi connectivity index (χ0) is 27.3. The summed E-state index contributed by atoms with van der Waals surface area (Å²) in [7, 11) is 0. The highest BCUT2D eigenvalue weighted by Gasteiger charge is 2.76. The summed E-state index contributed by atoms with van der Waals surface area (Å²) in [5, 5.41) is 11.5. The average molecular weight is 549 g/mol. The maximum atomic E-state index is 13.7. The van der Waals surface area contributed by atoms with Crippen LogP contribution < -0.4 is 0 Å². The normalized spacial score (nSPS) is 43.7. The Hall–Kier alpha value is -1.94. The van der Waals surface area contributed by atoms with Gasteiger partial charge in [0, 0.05) is 22.3 Å². The molecule has 1 unspecified atom stereocenters. The SMILES string of the molecule is CSC(=O)[C@@]12OC(c3ccc(C(F)(F)F)cc3)O[C@@H]1C[C@H]1[C@@H]3CCC4=CC(=O)C=C[C@]4(C)[C@H]3[C@@H](O)C[C@@]12C. The number of thioether (sulfide) groups is 1. The van der Waals surface area contributed by atoms with Crippen LogP contribution >= 0.6 is 11.8 Å². The Kier molecular flexibility index (Phi) is 5.90. The lowest BCUT2D eigenvalue weighted by Gasteiger charge is -2.59. The molecule has 1 aromatic carbocycles. The number of hydrogen-bond acceptors (Lipinski definition) is 6. The largest absolute Gasteiger partial charge is 0.416 e. The first kappa shape index (κ1) is 26.3. The van der Waals surface area contributed by atoms with E-state index in [9.17, 15) is 27.9 Å². The van der Waals surface area contributed by atoms with Crippen molar-refractivity contribution in [2.45, 2.75) is 69.8 Å². The molecule has 1 N–H and O–H groups in total. The summed E-state index contributed by atoms with van der Waals surface area (Å²) in [4.78, 5) is 25.8. The van der Waals surface area contributed by atoms with Gasteiger partial charge in [0.25, 0.3) is 0 Å². The van der Waals surface area contributed by atoms with Gasteiger partial charge < -0.3 is 14.6 Å². The fourth-order valence-corrected chi connectivity index (χ4v) is 9.26. The van der Waals surface area contributed by atoms with Gasteiger partial charge in [-0.15, -0.1) is 0 Å². The Labute approximate surface area is 223 Å². The van der Waals surface area contributed by atoms with Crippen LogP contribution in [0.1, 0.15) is 56.9 Å². The number of aliphatic hydroxyl groups is 1. The molecule has 0 aromatic heterocycles. The summed E-state index contributed by atoms with van der Waals surface area (Å²) in [6.45, 7) is 4.11. The molecule has 204 valence electrons. The number of allylic oxidation sites excluding steroid dienone is 4. The molecule has 1 heterocycles. The fraction of sp³-hybridized carbons (Fsp3) is 0.586. The summed E-state index contributed by atoms with van der Waals surface area (Å²) in [6, 6.07) is 4.66. The van der Waals surface area contributed by atoms with Crippen molar-refractivity contribution in [3.05, 3.63) is 59.2 Å². The second-order valence-corrected chi connectivity index (χ2v) is 12.6. The molecule has 4 fully saturated rings. The van der Waals surface area contributed by atoms with Crippen LogP contribution in [0, 0.1) is 28.6 Å². The molecule has 1 aliphatic heterocycles. The number of ketones is 1. The predicted molar refractivity (Wildman–Crippen MR) is 135 cm³/mol. The van der Waals surface area contributed by atoms with Crippen LogP contribution in [0.15, 0.2) is 48.1 Å². The molecule has 4 aliphatic carbocycles. The Morgan fingerprint density at radius 2 is 1.89 bits per heavy atom. The van der Waals surface area contributed by atoms with Crippen LogP contribution in [0.2, 0.25) is 0 Å². The van der Waals surface area contributed by atoms with Crippen LogP contribution in [0.4, 0.5) is 13.2 Å². The topological polar surface area (TPSA) is 72.8 Å². The summed E-state index contributed by atoms with van der Waals surface area (Å²) in [6.07, 6.45) is 2.64. The van der Waals surface area contributed by atoms with Crippen LogP contribution in [0.25, 0.3) is 0 Å². The lowest BCUT2D eigenvalue weighted by molar-refractivity contribution is -0.194. The van der Waals surface area contributed by atoms with Gasteiger partial charge in [-0.05, 0) is 68.1 Å². The number of halogens is 3. The molecule has 5 aliphatic rings. The first-order valence-corrected chi connectivity index (χ1v) is 14.3. The Balaban J connectivity index is 1.36. The van der Waals surface area contributed by atoms with Crippen molar-refractivity contribution in [1.82, 2.24) is 0 Å². The van der Waals surface area contributed by atoms with E-state index in [1.807, 2.05) is 13.0 Å². The Bertz CT molecular complexity index is 1240. The molecule has 0 bridgehead atoms. The highest BCUT2D eigenvalue weighted by molar-refractivity contribution is 8.13. The summed E-state index contributed by atoms with van der Waals surface area (Å²) in [5.74, 6) is 0.00513. The van der Waals surface area contributed by atoms with Gasteiger partial charge in [-0.2, -0.15) is 13.2 Å². The quantitative estimate of drug-likeness (QED) is 0.516. The maximum absolute atomic E-state index is 13.7. The second kappa shape index (κ2) is 8.53. The maximum Gasteiger partial charge on any atom is 0.416 e. The number of fused-ring (bicyclic) bond motifs is 7. The lowest BCUT2D eigenvalue weighted by atomic mass is 9.46. The molecule has 5 nitrogen and oxygen atoms in total. The molecule has 1 aromatic rings. The molecular weight excluding hydrogens is 517 g/mol. The smallest absolute Gasteiger partial charge is 0.393 e. The monoisotopic (exact) mass is 548 g/mol. The second-order valence-electron chi connectivity index (χ2n) is 11.9. The van der Waals surface area contributed by atoms with Crippen molar-refractivity contribution in [3.63, 3.8) is 0 Å². The predicted octanol–water partition coefficient (Wildman–Crippen LogP) is 5.64. The van der Waals surface area contributed by atoms with E-state index >= 15 is 0 Å². The van der Waals surface area contributed by atoms with Crippen molar-refractivity contribution in [2.24, 2.45) is 28.6 Å². The number of aliphatic hydroxyl groups excluding tert-OH is 1. The van der Waals surface area contributed by atoms with Gasteiger partial charge in [-0.1, -0.05) is 49.4 Å². The number of alkyl halides is 3. The van der Waals surface area contributed by atoms with Crippen molar-refractivity contribution in [1.29, 1.82) is 0 Å². The molecule has 0 radical (unpaired) electrons. The van der Waals surface area contributed by atoms with E-state index in [0.717, 1.165) is 42.3 Å². The van der Waals surface area contributed by atoms with E-state index in [1.165, 1.54) is 12.1 Å². The Morgan fingerprint density at radius 3 is 2.55 bits per heavy atom. The third kappa shape index (κ3) is 3.44. The molecular formula is C29H31F3O5S. The van der Waals surface area contributed by atoms with Crippen LogP contribution in [-0.4, -0.2) is 40.1 Å². The number of hydrogen-bond donors (Lipinski definition) is 1. The van der Waals surface area contributed by atoms with E-state index in [0.29, 0.717) is 18.4 Å². The van der Waals surface area contributed by atoms with Crippen molar-refractivity contribution in [3.8, 4) is 0 Å². The van der Waals surface area contributed by atoms with Gasteiger partial charge in [0.15, 0.2) is 17.7 Å². The number of carbonyl (C=O) groups is 2. The van der Waals surface area contributed by atoms with Gasteiger partial charge in [-0.25, -0.2) is 0 Å². The molecule has 9 atom stereocenters. The zero-order valence-electron chi connectivity index (χ0n) is 21.5. The van der Waals surface area contributed by atoms with E-state index in [1.54, 1.807) is 18.4 Å². The third-order valence-corrected chi connectivity index (χ3v) is 10.9. The van der Waals surface area contributed by atoms with Crippen molar-refractivity contribution < 1.29 is 37.3 Å². The van der Waals surface area contributed by atoms with Crippen LogP contribution in [-0.2, 0) is 25.2 Å². The zero-order valence-corrected chi connectivity index (χ0v) is 22.3. The van der Waals surface area contributed by atoms with Crippen LogP contribution in [0.3, 0.4) is 0 Å². The summed E-state index contributed by atoms with van der Waals surface area (Å²) < 4.78 is 52.2. The minimum absolute atomic E-state index is 0.0258. The summed E-state index contributed by atoms with van der Waals surface area (Å²) in [5.41, 5.74) is -1.78. The highest BCUT2D eigenvalue weighted by atomic mass is 32.2. The van der Waals surface area contributed by atoms with Gasteiger partial charge in [0.1, 0.15) is 0 Å². The summed E-state index contributed by atoms with van der Waals surface area (Å²) >= 11 is 1.06. The van der Waals surface area contributed by atoms with E-state index < -0.39 is 46.7 Å². The molecule has 38 heavy (non-hydrogen) atoms. The molecule has 0 spiro atoms. The van der Waals surface area contributed by atoms with Gasteiger partial charge >= 0.3 is 6.18 Å². The molecule has 9 heteroatoms. The van der Waals surface area contributed by atoms with E-state index in [4.69, 9.17) is 9.47 Å². The molecule has 6 rings (SSSR count). The number of rotatable bonds is 2. The van der Waals surface area contributed by atoms with Crippen LogP contribution in [0.5, 0.6) is 0 Å². The highest BCUT2D eigenvalue weighted by Crippen LogP contribution is 2.71. The number of ether oxygens (including phenoxy) is 2. The molecule has 3 saturated carbocycles. The van der Waals surface area contributed by atoms with Gasteiger partial charge in [0.2, 0.25) is 5.12 Å². The fourth-order valence-electron chi connectivity index (χ4n) is 8.55. The van der Waals surface area contributed by atoms with Gasteiger partial charge in [-0.3, -0.25) is 9.59 Å². The minimum atomic E-state index is -4.45. The van der Waals surface area contributed by atoms with Gasteiger partial charge in [0.05, 0.1) is 17.8 Å². The number of benzene rings is 1. The Morgan fingerprint density at radius 1 is 1.18 bits per heavy atom.